The molecular weight excluding hydrogens is 450 g/mol. The first-order valence-corrected chi connectivity index (χ1v) is 12.9. The van der Waals surface area contributed by atoms with E-state index in [0.717, 1.165) is 11.1 Å². The van der Waals surface area contributed by atoms with Gasteiger partial charge >= 0.3 is 0 Å². The number of fused-ring (bicyclic) bond motifs is 1. The van der Waals surface area contributed by atoms with Crippen LogP contribution in [0.4, 0.5) is 0 Å². The van der Waals surface area contributed by atoms with E-state index in [0.29, 0.717) is 23.5 Å². The third-order valence-corrected chi connectivity index (χ3v) is 8.60. The van der Waals surface area contributed by atoms with Crippen LogP contribution in [0.25, 0.3) is 0 Å². The van der Waals surface area contributed by atoms with Crippen LogP contribution in [0, 0.1) is 13.8 Å². The van der Waals surface area contributed by atoms with Gasteiger partial charge in [-0.25, -0.2) is 21.6 Å². The molecular formula is C23H23NO6S2. The summed E-state index contributed by atoms with van der Waals surface area (Å²) >= 11 is 0. The molecule has 1 N–H and O–H groups in total. The molecule has 0 unspecified atom stereocenters. The van der Waals surface area contributed by atoms with Crippen LogP contribution in [0.15, 0.2) is 75.4 Å². The number of nitrogens with one attached hydrogen (secondary N) is 1. The van der Waals surface area contributed by atoms with E-state index in [1.807, 2.05) is 19.1 Å². The van der Waals surface area contributed by atoms with E-state index in [2.05, 4.69) is 4.72 Å². The van der Waals surface area contributed by atoms with E-state index in [9.17, 15) is 16.8 Å². The maximum atomic E-state index is 13.0. The smallest absolute Gasteiger partial charge is 0.240 e. The Morgan fingerprint density at radius 3 is 2.25 bits per heavy atom. The predicted molar refractivity (Wildman–Crippen MR) is 119 cm³/mol. The molecule has 32 heavy (non-hydrogen) atoms. The van der Waals surface area contributed by atoms with Crippen molar-refractivity contribution in [2.24, 2.45) is 0 Å². The second-order valence-electron chi connectivity index (χ2n) is 7.58. The highest BCUT2D eigenvalue weighted by molar-refractivity contribution is 7.91. The van der Waals surface area contributed by atoms with Gasteiger partial charge in [0.25, 0.3) is 0 Å². The van der Waals surface area contributed by atoms with E-state index < -0.39 is 19.9 Å². The molecule has 1 aliphatic rings. The van der Waals surface area contributed by atoms with Gasteiger partial charge in [-0.15, -0.1) is 0 Å². The quantitative estimate of drug-likeness (QED) is 0.565. The summed E-state index contributed by atoms with van der Waals surface area (Å²) in [5.74, 6) is 1.30. The monoisotopic (exact) mass is 473 g/mol. The zero-order chi connectivity index (χ0) is 22.9. The van der Waals surface area contributed by atoms with Crippen molar-refractivity contribution in [2.75, 3.05) is 13.3 Å². The van der Waals surface area contributed by atoms with Gasteiger partial charge in [-0.2, -0.15) is 0 Å². The first kappa shape index (κ1) is 22.3. The minimum absolute atomic E-state index is 0.0589. The predicted octanol–water partition coefficient (Wildman–Crippen LogP) is 3.39. The van der Waals surface area contributed by atoms with Crippen LogP contribution < -0.4 is 14.2 Å². The molecule has 4 rings (SSSR count). The van der Waals surface area contributed by atoms with Crippen molar-refractivity contribution in [1.82, 2.24) is 4.72 Å². The molecule has 168 valence electrons. The fourth-order valence-corrected chi connectivity index (χ4v) is 6.06. The Bertz CT molecular complexity index is 1360. The van der Waals surface area contributed by atoms with Gasteiger partial charge in [0.2, 0.25) is 26.7 Å². The molecule has 0 saturated carbocycles. The molecule has 1 heterocycles. The summed E-state index contributed by atoms with van der Waals surface area (Å²) in [6.45, 7) is 3.82. The van der Waals surface area contributed by atoms with Crippen LogP contribution in [0.1, 0.15) is 16.7 Å². The molecule has 0 radical (unpaired) electrons. The minimum atomic E-state index is -3.91. The third kappa shape index (κ3) is 4.50. The van der Waals surface area contributed by atoms with Crippen LogP contribution in [-0.4, -0.2) is 30.2 Å². The fraction of sp³-hybridized carbons (Fsp3) is 0.217. The SMILES string of the molecule is Cc1ccc(S(=O)(=O)c2ccc(C)c(S(=O)(=O)NCCc3ccc4c(c3)OCO4)c2)cc1. The van der Waals surface area contributed by atoms with Crippen molar-refractivity contribution in [3.05, 3.63) is 77.4 Å². The van der Waals surface area contributed by atoms with Crippen molar-refractivity contribution >= 4 is 19.9 Å². The second-order valence-corrected chi connectivity index (χ2v) is 11.3. The largest absolute Gasteiger partial charge is 0.454 e. The lowest BCUT2D eigenvalue weighted by atomic mass is 10.1. The Kier molecular flexibility index (Phi) is 5.98. The number of sulfonamides is 1. The molecule has 3 aromatic carbocycles. The number of benzene rings is 3. The zero-order valence-electron chi connectivity index (χ0n) is 17.7. The van der Waals surface area contributed by atoms with Gasteiger partial charge in [0, 0.05) is 6.54 Å². The summed E-state index contributed by atoms with van der Waals surface area (Å²) in [6.07, 6.45) is 0.441. The van der Waals surface area contributed by atoms with Crippen molar-refractivity contribution in [3.63, 3.8) is 0 Å². The van der Waals surface area contributed by atoms with Crippen molar-refractivity contribution in [3.8, 4) is 11.5 Å². The molecule has 0 bridgehead atoms. The van der Waals surface area contributed by atoms with Crippen LogP contribution in [-0.2, 0) is 26.3 Å². The van der Waals surface area contributed by atoms with Gasteiger partial charge in [-0.1, -0.05) is 29.8 Å². The molecule has 0 fully saturated rings. The Labute approximate surface area is 188 Å². The Hall–Kier alpha value is -2.88. The van der Waals surface area contributed by atoms with Gasteiger partial charge in [0.15, 0.2) is 11.5 Å². The summed E-state index contributed by atoms with van der Waals surface area (Å²) in [4.78, 5) is -0.00876. The maximum Gasteiger partial charge on any atom is 0.240 e. The van der Waals surface area contributed by atoms with E-state index >= 15 is 0 Å². The van der Waals surface area contributed by atoms with Gasteiger partial charge < -0.3 is 9.47 Å². The average Bonchev–Trinajstić information content (AvgIpc) is 3.22. The lowest BCUT2D eigenvalue weighted by molar-refractivity contribution is 0.174. The summed E-state index contributed by atoms with van der Waals surface area (Å²) < 4.78 is 65.0. The second kappa shape index (κ2) is 8.57. The van der Waals surface area contributed by atoms with Crippen molar-refractivity contribution < 1.29 is 26.3 Å². The highest BCUT2D eigenvalue weighted by atomic mass is 32.2. The van der Waals surface area contributed by atoms with Crippen LogP contribution in [0.3, 0.4) is 0 Å². The highest BCUT2D eigenvalue weighted by Crippen LogP contribution is 2.32. The minimum Gasteiger partial charge on any atom is -0.454 e. The van der Waals surface area contributed by atoms with Gasteiger partial charge in [0.1, 0.15) is 0 Å². The molecule has 1 aliphatic heterocycles. The first-order valence-electron chi connectivity index (χ1n) is 9.97. The lowest BCUT2D eigenvalue weighted by Crippen LogP contribution is -2.27. The van der Waals surface area contributed by atoms with Gasteiger partial charge in [-0.3, -0.25) is 0 Å². The first-order chi connectivity index (χ1) is 15.2. The number of sulfone groups is 1. The van der Waals surface area contributed by atoms with E-state index in [-0.39, 0.29) is 28.0 Å². The molecule has 0 aliphatic carbocycles. The molecule has 0 aromatic heterocycles. The summed E-state index contributed by atoms with van der Waals surface area (Å²) in [7, 11) is -7.76. The molecule has 9 heteroatoms. The van der Waals surface area contributed by atoms with E-state index in [1.165, 1.54) is 30.3 Å². The number of aryl methyl sites for hydroxylation is 2. The number of hydrogen-bond acceptors (Lipinski definition) is 6. The Balaban J connectivity index is 1.53. The molecule has 0 spiro atoms. The van der Waals surface area contributed by atoms with Crippen LogP contribution >= 0.6 is 0 Å². The zero-order valence-corrected chi connectivity index (χ0v) is 19.3. The van der Waals surface area contributed by atoms with Crippen LogP contribution in [0.2, 0.25) is 0 Å². The third-order valence-electron chi connectivity index (χ3n) is 5.23. The lowest BCUT2D eigenvalue weighted by Gasteiger charge is -2.12. The number of ether oxygens (including phenoxy) is 2. The van der Waals surface area contributed by atoms with E-state index in [1.54, 1.807) is 25.1 Å². The van der Waals surface area contributed by atoms with Gasteiger partial charge in [0.05, 0.1) is 14.7 Å². The van der Waals surface area contributed by atoms with Gasteiger partial charge in [-0.05, 0) is 67.8 Å². The summed E-state index contributed by atoms with van der Waals surface area (Å²) in [5, 5.41) is 0. The summed E-state index contributed by atoms with van der Waals surface area (Å²) in [6, 6.07) is 16.0. The molecule has 0 amide bonds. The summed E-state index contributed by atoms with van der Waals surface area (Å²) in [5.41, 5.74) is 2.29. The van der Waals surface area contributed by atoms with E-state index in [4.69, 9.17) is 9.47 Å². The normalized spacial score (nSPS) is 13.3. The average molecular weight is 474 g/mol. The fourth-order valence-electron chi connectivity index (χ4n) is 3.39. The molecule has 0 atom stereocenters. The standard InChI is InChI=1S/C23H23NO6S2/c1-16-3-7-19(8-4-16)31(25,26)20-9-5-17(2)23(14-20)32(27,28)24-12-11-18-6-10-21-22(13-18)30-15-29-21/h3-10,13-14,24H,11-12,15H2,1-2H3. The van der Waals surface area contributed by atoms with Crippen molar-refractivity contribution in [2.45, 2.75) is 35.0 Å². The number of hydrogen-bond donors (Lipinski definition) is 1. The molecule has 7 nitrogen and oxygen atoms in total. The van der Waals surface area contributed by atoms with Crippen molar-refractivity contribution in [1.29, 1.82) is 0 Å². The molecule has 0 saturated heterocycles. The Morgan fingerprint density at radius 2 is 1.50 bits per heavy atom. The van der Waals surface area contributed by atoms with Crippen LogP contribution in [0.5, 0.6) is 11.5 Å². The number of rotatable bonds is 7. The molecule has 3 aromatic rings. The highest BCUT2D eigenvalue weighted by Gasteiger charge is 2.23. The topological polar surface area (TPSA) is 98.8 Å². The Morgan fingerprint density at radius 1 is 0.812 bits per heavy atom. The maximum absolute atomic E-state index is 13.0.